The van der Waals surface area contributed by atoms with Crippen molar-refractivity contribution in [3.8, 4) is 5.75 Å². The molecule has 5 nitrogen and oxygen atoms in total. The fourth-order valence-corrected chi connectivity index (χ4v) is 6.22. The molecule has 1 atom stereocenters. The van der Waals surface area contributed by atoms with E-state index in [4.69, 9.17) is 4.74 Å². The summed E-state index contributed by atoms with van der Waals surface area (Å²) in [5.74, 6) is 3.89. The lowest BCUT2D eigenvalue weighted by Crippen LogP contribution is -2.56. The van der Waals surface area contributed by atoms with Crippen molar-refractivity contribution in [3.63, 3.8) is 0 Å². The van der Waals surface area contributed by atoms with Crippen molar-refractivity contribution in [3.05, 3.63) is 24.3 Å². The number of para-hydroxylation sites is 2. The molecule has 4 aliphatic carbocycles. The molecule has 1 heterocycles. The first-order chi connectivity index (χ1) is 13.1. The lowest BCUT2D eigenvalue weighted by Gasteiger charge is -2.54. The molecule has 4 bridgehead atoms. The number of carbonyl (C=O) groups excluding carboxylic acids is 2. The molecule has 1 unspecified atom stereocenters. The van der Waals surface area contributed by atoms with E-state index >= 15 is 0 Å². The smallest absolute Gasteiger partial charge is 0.267 e. The highest BCUT2D eigenvalue weighted by Gasteiger charge is 2.48. The summed E-state index contributed by atoms with van der Waals surface area (Å²) in [5, 5.41) is 3.34. The van der Waals surface area contributed by atoms with Crippen LogP contribution in [0.4, 0.5) is 5.69 Å². The predicted molar refractivity (Wildman–Crippen MR) is 102 cm³/mol. The van der Waals surface area contributed by atoms with E-state index in [1.54, 1.807) is 11.8 Å². The van der Waals surface area contributed by atoms with E-state index < -0.39 is 6.10 Å². The van der Waals surface area contributed by atoms with Gasteiger partial charge in [0.1, 0.15) is 5.75 Å². The Morgan fingerprint density at radius 1 is 1.11 bits per heavy atom. The molecule has 6 rings (SSSR count). The first-order valence-corrected chi connectivity index (χ1v) is 10.4. The molecular weight excluding hydrogens is 340 g/mol. The van der Waals surface area contributed by atoms with E-state index in [-0.39, 0.29) is 11.8 Å². The van der Waals surface area contributed by atoms with Gasteiger partial charge in [-0.1, -0.05) is 12.1 Å². The van der Waals surface area contributed by atoms with Crippen LogP contribution in [-0.2, 0) is 9.59 Å². The lowest BCUT2D eigenvalue weighted by molar-refractivity contribution is -0.126. The Balaban J connectivity index is 1.23. The van der Waals surface area contributed by atoms with E-state index in [0.717, 1.165) is 17.5 Å². The van der Waals surface area contributed by atoms with Gasteiger partial charge in [0.15, 0.2) is 6.10 Å². The predicted octanol–water partition coefficient (Wildman–Crippen LogP) is 3.13. The van der Waals surface area contributed by atoms with E-state index in [1.165, 1.54) is 32.1 Å². The topological polar surface area (TPSA) is 58.6 Å². The maximum Gasteiger partial charge on any atom is 0.267 e. The minimum atomic E-state index is -0.507. The minimum absolute atomic E-state index is 0.0730. The van der Waals surface area contributed by atoms with Crippen molar-refractivity contribution in [2.24, 2.45) is 23.7 Å². The maximum absolute atomic E-state index is 12.7. The van der Waals surface area contributed by atoms with Gasteiger partial charge in [-0.3, -0.25) is 9.59 Å². The van der Waals surface area contributed by atoms with E-state index in [2.05, 4.69) is 5.32 Å². The number of nitrogens with one attached hydrogen (secondary N) is 1. The van der Waals surface area contributed by atoms with Gasteiger partial charge in [0.05, 0.1) is 5.69 Å². The molecule has 0 saturated heterocycles. The lowest BCUT2D eigenvalue weighted by atomic mass is 9.54. The highest BCUT2D eigenvalue weighted by molar-refractivity contribution is 6.00. The maximum atomic E-state index is 12.7. The number of nitrogens with zero attached hydrogens (tertiary/aromatic N) is 1. The van der Waals surface area contributed by atoms with Crippen molar-refractivity contribution in [1.29, 1.82) is 0 Å². The molecule has 1 aliphatic heterocycles. The fourth-order valence-electron chi connectivity index (χ4n) is 6.22. The Labute approximate surface area is 160 Å². The monoisotopic (exact) mass is 368 g/mol. The molecule has 2 amide bonds. The molecule has 5 aliphatic rings. The summed E-state index contributed by atoms with van der Waals surface area (Å²) in [6.45, 7) is 2.17. The molecule has 1 N–H and O–H groups in total. The standard InChI is InChI=1S/C22H28N2O3/c1-13-22(26)24(18-4-2-3-5-19(18)27-13)7-6-20(25)23-21-16-9-14-8-15(11-16)12-17(21)10-14/h2-5,13-17,21H,6-12H2,1H3,(H,23,25). The normalized spacial score (nSPS) is 36.3. The second kappa shape index (κ2) is 6.54. The summed E-state index contributed by atoms with van der Waals surface area (Å²) in [6.07, 6.45) is 6.44. The van der Waals surface area contributed by atoms with Gasteiger partial charge < -0.3 is 15.0 Å². The summed E-state index contributed by atoms with van der Waals surface area (Å²) in [6, 6.07) is 7.91. The first kappa shape index (κ1) is 17.1. The van der Waals surface area contributed by atoms with E-state index in [0.29, 0.717) is 36.6 Å². The number of hydrogen-bond acceptors (Lipinski definition) is 3. The summed E-state index contributed by atoms with van der Waals surface area (Å²) in [5.41, 5.74) is 0.767. The minimum Gasteiger partial charge on any atom is -0.479 e. The van der Waals surface area contributed by atoms with Crippen LogP contribution in [-0.4, -0.2) is 30.5 Å². The first-order valence-electron chi connectivity index (χ1n) is 10.4. The summed E-state index contributed by atoms with van der Waals surface area (Å²) >= 11 is 0. The van der Waals surface area contributed by atoms with Crippen LogP contribution < -0.4 is 15.0 Å². The van der Waals surface area contributed by atoms with E-state index in [9.17, 15) is 9.59 Å². The molecule has 27 heavy (non-hydrogen) atoms. The van der Waals surface area contributed by atoms with Crippen LogP contribution in [0.3, 0.4) is 0 Å². The zero-order chi connectivity index (χ0) is 18.5. The molecule has 4 saturated carbocycles. The van der Waals surface area contributed by atoms with Crippen LogP contribution in [0.15, 0.2) is 24.3 Å². The average Bonchev–Trinajstić information content (AvgIpc) is 2.64. The number of fused-ring (bicyclic) bond motifs is 1. The average molecular weight is 368 g/mol. The zero-order valence-corrected chi connectivity index (χ0v) is 15.9. The molecule has 0 radical (unpaired) electrons. The number of rotatable bonds is 4. The third kappa shape index (κ3) is 3.01. The SMILES string of the molecule is CC1Oc2ccccc2N(CCC(=O)NC2C3CC4CC(C3)CC2C4)C1=O. The summed E-state index contributed by atoms with van der Waals surface area (Å²) in [7, 11) is 0. The van der Waals surface area contributed by atoms with Gasteiger partial charge in [0.2, 0.25) is 5.91 Å². The highest BCUT2D eigenvalue weighted by atomic mass is 16.5. The second-order valence-corrected chi connectivity index (χ2v) is 8.99. The van der Waals surface area contributed by atoms with Crippen molar-refractivity contribution < 1.29 is 14.3 Å². The molecular formula is C22H28N2O3. The zero-order valence-electron chi connectivity index (χ0n) is 15.9. The molecule has 1 aromatic rings. The molecule has 5 heteroatoms. The van der Waals surface area contributed by atoms with Gasteiger partial charge in [-0.05, 0) is 74.8 Å². The third-order valence-electron chi connectivity index (χ3n) is 7.19. The van der Waals surface area contributed by atoms with Crippen molar-refractivity contribution in [2.75, 3.05) is 11.4 Å². The van der Waals surface area contributed by atoms with Crippen molar-refractivity contribution in [2.45, 2.75) is 57.6 Å². The number of amides is 2. The summed E-state index contributed by atoms with van der Waals surface area (Å²) in [4.78, 5) is 27.0. The number of benzene rings is 1. The van der Waals surface area contributed by atoms with Crippen LogP contribution in [0.2, 0.25) is 0 Å². The molecule has 0 aromatic heterocycles. The molecule has 0 spiro atoms. The van der Waals surface area contributed by atoms with E-state index in [1.807, 2.05) is 24.3 Å². The van der Waals surface area contributed by atoms with Gasteiger partial charge in [-0.15, -0.1) is 0 Å². The Hall–Kier alpha value is -2.04. The van der Waals surface area contributed by atoms with Gasteiger partial charge >= 0.3 is 0 Å². The third-order valence-corrected chi connectivity index (χ3v) is 7.19. The van der Waals surface area contributed by atoms with Crippen molar-refractivity contribution in [1.82, 2.24) is 5.32 Å². The van der Waals surface area contributed by atoms with Gasteiger partial charge in [-0.2, -0.15) is 0 Å². The number of ether oxygens (including phenoxy) is 1. The molecule has 144 valence electrons. The number of hydrogen-bond donors (Lipinski definition) is 1. The van der Waals surface area contributed by atoms with Gasteiger partial charge in [0, 0.05) is 19.0 Å². The quantitative estimate of drug-likeness (QED) is 0.888. The fraction of sp³-hybridized carbons (Fsp3) is 0.636. The Morgan fingerprint density at radius 2 is 1.78 bits per heavy atom. The van der Waals surface area contributed by atoms with Gasteiger partial charge in [-0.25, -0.2) is 0 Å². The highest BCUT2D eigenvalue weighted by Crippen LogP contribution is 2.53. The number of carbonyl (C=O) groups is 2. The summed E-state index contributed by atoms with van der Waals surface area (Å²) < 4.78 is 5.68. The number of anilines is 1. The Bertz CT molecular complexity index is 734. The van der Waals surface area contributed by atoms with Crippen LogP contribution in [0.1, 0.15) is 45.4 Å². The Kier molecular flexibility index (Phi) is 4.14. The molecule has 1 aromatic carbocycles. The largest absolute Gasteiger partial charge is 0.479 e. The van der Waals surface area contributed by atoms with Crippen molar-refractivity contribution >= 4 is 17.5 Å². The second-order valence-electron chi connectivity index (χ2n) is 8.99. The van der Waals surface area contributed by atoms with Crippen LogP contribution in [0, 0.1) is 23.7 Å². The van der Waals surface area contributed by atoms with Crippen LogP contribution in [0.25, 0.3) is 0 Å². The van der Waals surface area contributed by atoms with Crippen LogP contribution >= 0.6 is 0 Å². The van der Waals surface area contributed by atoms with Gasteiger partial charge in [0.25, 0.3) is 5.91 Å². The molecule has 4 fully saturated rings. The van der Waals surface area contributed by atoms with Crippen LogP contribution in [0.5, 0.6) is 5.75 Å². The Morgan fingerprint density at radius 3 is 2.48 bits per heavy atom.